The third-order valence-electron chi connectivity index (χ3n) is 3.86. The normalized spacial score (nSPS) is 22.3. The minimum Gasteiger partial charge on any atom is -0.338 e. The molecule has 1 aromatic heterocycles. The molecule has 2 heterocycles. The molecule has 1 aliphatic heterocycles. The molecule has 0 radical (unpaired) electrons. The Bertz CT molecular complexity index is 615. The fraction of sp³-hybridized carbons (Fsp3) is 0.467. The molecule has 0 saturated carbocycles. The first-order valence-electron chi connectivity index (χ1n) is 7.26. The molecule has 6 heteroatoms. The standard InChI is InChI=1S/C15H19N5O/c1-11-6-12(2)9-19(8-11)15(21)13-4-3-5-14(7-13)20-10-16-17-18-20/h3-5,7,10-12H,6,8-9H2,1-2H3. The number of tetrazole rings is 1. The third-order valence-corrected chi connectivity index (χ3v) is 3.86. The lowest BCUT2D eigenvalue weighted by Gasteiger charge is -2.35. The molecule has 2 atom stereocenters. The van der Waals surface area contributed by atoms with Gasteiger partial charge in [0.15, 0.2) is 0 Å². The fourth-order valence-electron chi connectivity index (χ4n) is 3.07. The lowest BCUT2D eigenvalue weighted by Crippen LogP contribution is -2.42. The van der Waals surface area contributed by atoms with Crippen LogP contribution in [0, 0.1) is 11.8 Å². The molecule has 0 bridgehead atoms. The number of carbonyl (C=O) groups is 1. The number of hydrogen-bond acceptors (Lipinski definition) is 4. The predicted octanol–water partition coefficient (Wildman–Crippen LogP) is 1.78. The summed E-state index contributed by atoms with van der Waals surface area (Å²) in [7, 11) is 0. The van der Waals surface area contributed by atoms with Crippen LogP contribution in [-0.2, 0) is 0 Å². The highest BCUT2D eigenvalue weighted by molar-refractivity contribution is 5.94. The second-order valence-electron chi connectivity index (χ2n) is 5.96. The predicted molar refractivity (Wildman–Crippen MR) is 78.0 cm³/mol. The average Bonchev–Trinajstić information content (AvgIpc) is 3.00. The van der Waals surface area contributed by atoms with Crippen molar-refractivity contribution in [3.8, 4) is 5.69 Å². The Kier molecular flexibility index (Phi) is 3.68. The first-order chi connectivity index (χ1) is 10.1. The van der Waals surface area contributed by atoms with Crippen LogP contribution in [0.5, 0.6) is 0 Å². The average molecular weight is 285 g/mol. The topological polar surface area (TPSA) is 63.9 Å². The van der Waals surface area contributed by atoms with Gasteiger partial charge >= 0.3 is 0 Å². The SMILES string of the molecule is CC1CC(C)CN(C(=O)c2cccc(-n3cnnn3)c2)C1. The molecule has 2 aromatic rings. The minimum absolute atomic E-state index is 0.0864. The van der Waals surface area contributed by atoms with Crippen LogP contribution in [0.15, 0.2) is 30.6 Å². The second-order valence-corrected chi connectivity index (χ2v) is 5.96. The number of likely N-dealkylation sites (tertiary alicyclic amines) is 1. The van der Waals surface area contributed by atoms with Gasteiger partial charge in [0.25, 0.3) is 5.91 Å². The molecular weight excluding hydrogens is 266 g/mol. The number of benzene rings is 1. The largest absolute Gasteiger partial charge is 0.338 e. The maximum absolute atomic E-state index is 12.7. The summed E-state index contributed by atoms with van der Waals surface area (Å²) in [5, 5.41) is 11.1. The van der Waals surface area contributed by atoms with Gasteiger partial charge in [-0.05, 0) is 46.9 Å². The summed E-state index contributed by atoms with van der Waals surface area (Å²) in [4.78, 5) is 14.6. The molecule has 0 N–H and O–H groups in total. The number of nitrogens with zero attached hydrogens (tertiary/aromatic N) is 5. The second kappa shape index (κ2) is 5.63. The van der Waals surface area contributed by atoms with Crippen LogP contribution in [-0.4, -0.2) is 44.1 Å². The number of amides is 1. The van der Waals surface area contributed by atoms with Crippen LogP contribution in [0.4, 0.5) is 0 Å². The Morgan fingerprint density at radius 3 is 2.67 bits per heavy atom. The summed E-state index contributed by atoms with van der Waals surface area (Å²) < 4.78 is 1.55. The van der Waals surface area contributed by atoms with Gasteiger partial charge in [-0.25, -0.2) is 4.68 Å². The summed E-state index contributed by atoms with van der Waals surface area (Å²) in [5.41, 5.74) is 1.48. The van der Waals surface area contributed by atoms with E-state index in [0.717, 1.165) is 18.8 Å². The molecule has 1 amide bonds. The Balaban J connectivity index is 1.83. The molecule has 1 fully saturated rings. The maximum Gasteiger partial charge on any atom is 0.253 e. The van der Waals surface area contributed by atoms with Crippen LogP contribution in [0.1, 0.15) is 30.6 Å². The molecule has 3 rings (SSSR count). The van der Waals surface area contributed by atoms with Crippen LogP contribution in [0.3, 0.4) is 0 Å². The summed E-state index contributed by atoms with van der Waals surface area (Å²) in [6, 6.07) is 7.43. The first-order valence-corrected chi connectivity index (χ1v) is 7.26. The minimum atomic E-state index is 0.0864. The Hall–Kier alpha value is -2.24. The van der Waals surface area contributed by atoms with Crippen molar-refractivity contribution in [1.29, 1.82) is 0 Å². The zero-order valence-corrected chi connectivity index (χ0v) is 12.3. The monoisotopic (exact) mass is 285 g/mol. The Morgan fingerprint density at radius 2 is 2.00 bits per heavy atom. The number of carbonyl (C=O) groups excluding carboxylic acids is 1. The number of rotatable bonds is 2. The number of piperidine rings is 1. The summed E-state index contributed by atoms with van der Waals surface area (Å²) in [6.45, 7) is 6.07. The van der Waals surface area contributed by atoms with E-state index < -0.39 is 0 Å². The van der Waals surface area contributed by atoms with Gasteiger partial charge in [-0.1, -0.05) is 19.9 Å². The van der Waals surface area contributed by atoms with E-state index in [9.17, 15) is 4.79 Å². The fourth-order valence-corrected chi connectivity index (χ4v) is 3.07. The van der Waals surface area contributed by atoms with Crippen molar-refractivity contribution in [2.24, 2.45) is 11.8 Å². The van der Waals surface area contributed by atoms with E-state index in [1.54, 1.807) is 4.68 Å². The van der Waals surface area contributed by atoms with Crippen molar-refractivity contribution in [1.82, 2.24) is 25.1 Å². The van der Waals surface area contributed by atoms with Crippen molar-refractivity contribution >= 4 is 5.91 Å². The van der Waals surface area contributed by atoms with Gasteiger partial charge in [-0.2, -0.15) is 0 Å². The van der Waals surface area contributed by atoms with Gasteiger partial charge in [-0.15, -0.1) is 5.10 Å². The lowest BCUT2D eigenvalue weighted by atomic mass is 9.91. The molecule has 0 aliphatic carbocycles. The Morgan fingerprint density at radius 1 is 1.24 bits per heavy atom. The van der Waals surface area contributed by atoms with Crippen LogP contribution >= 0.6 is 0 Å². The lowest BCUT2D eigenvalue weighted by molar-refractivity contribution is 0.0623. The molecule has 21 heavy (non-hydrogen) atoms. The van der Waals surface area contributed by atoms with Crippen molar-refractivity contribution in [2.75, 3.05) is 13.1 Å². The van der Waals surface area contributed by atoms with Crippen LogP contribution < -0.4 is 0 Å². The smallest absolute Gasteiger partial charge is 0.253 e. The van der Waals surface area contributed by atoms with Crippen molar-refractivity contribution in [2.45, 2.75) is 20.3 Å². The van der Waals surface area contributed by atoms with E-state index in [1.807, 2.05) is 29.2 Å². The molecule has 110 valence electrons. The van der Waals surface area contributed by atoms with E-state index in [4.69, 9.17) is 0 Å². The van der Waals surface area contributed by atoms with Gasteiger partial charge in [-0.3, -0.25) is 4.79 Å². The summed E-state index contributed by atoms with van der Waals surface area (Å²) in [5.74, 6) is 1.20. The number of aromatic nitrogens is 4. The highest BCUT2D eigenvalue weighted by Crippen LogP contribution is 2.23. The highest BCUT2D eigenvalue weighted by atomic mass is 16.2. The van der Waals surface area contributed by atoms with Crippen LogP contribution in [0.25, 0.3) is 5.69 Å². The zero-order chi connectivity index (χ0) is 14.8. The third kappa shape index (κ3) is 2.94. The highest BCUT2D eigenvalue weighted by Gasteiger charge is 2.26. The van der Waals surface area contributed by atoms with Crippen molar-refractivity contribution in [3.63, 3.8) is 0 Å². The van der Waals surface area contributed by atoms with E-state index in [-0.39, 0.29) is 5.91 Å². The van der Waals surface area contributed by atoms with Gasteiger partial charge < -0.3 is 4.90 Å². The molecule has 1 saturated heterocycles. The Labute approximate surface area is 123 Å². The first kappa shape index (κ1) is 13.7. The van der Waals surface area contributed by atoms with Crippen LogP contribution in [0.2, 0.25) is 0 Å². The summed E-state index contributed by atoms with van der Waals surface area (Å²) in [6.07, 6.45) is 2.71. The van der Waals surface area contributed by atoms with E-state index in [0.29, 0.717) is 17.4 Å². The van der Waals surface area contributed by atoms with Gasteiger partial charge in [0.05, 0.1) is 5.69 Å². The summed E-state index contributed by atoms with van der Waals surface area (Å²) >= 11 is 0. The van der Waals surface area contributed by atoms with E-state index >= 15 is 0 Å². The molecule has 6 nitrogen and oxygen atoms in total. The molecular formula is C15H19N5O. The van der Waals surface area contributed by atoms with E-state index in [1.165, 1.54) is 12.7 Å². The van der Waals surface area contributed by atoms with Gasteiger partial charge in [0.2, 0.25) is 0 Å². The maximum atomic E-state index is 12.7. The number of hydrogen-bond donors (Lipinski definition) is 0. The zero-order valence-electron chi connectivity index (χ0n) is 12.3. The van der Waals surface area contributed by atoms with E-state index in [2.05, 4.69) is 29.4 Å². The molecule has 1 aromatic carbocycles. The van der Waals surface area contributed by atoms with Gasteiger partial charge in [0.1, 0.15) is 6.33 Å². The quantitative estimate of drug-likeness (QED) is 0.843. The molecule has 1 aliphatic rings. The molecule has 0 spiro atoms. The van der Waals surface area contributed by atoms with Crippen molar-refractivity contribution in [3.05, 3.63) is 36.2 Å². The van der Waals surface area contributed by atoms with Crippen molar-refractivity contribution < 1.29 is 4.79 Å². The van der Waals surface area contributed by atoms with Gasteiger partial charge in [0, 0.05) is 18.7 Å². The molecule has 2 unspecified atom stereocenters.